The van der Waals surface area contributed by atoms with Gasteiger partial charge >= 0.3 is 0 Å². The lowest BCUT2D eigenvalue weighted by atomic mass is 10.1. The molecule has 0 saturated carbocycles. The van der Waals surface area contributed by atoms with Crippen LogP contribution in [0.25, 0.3) is 6.08 Å². The number of hydrogen-bond donors (Lipinski definition) is 0. The Balaban J connectivity index is 1.36. The van der Waals surface area contributed by atoms with Crippen LogP contribution in [-0.2, 0) is 17.8 Å². The topological polar surface area (TPSA) is 48.0 Å². The maximum absolute atomic E-state index is 13.0. The minimum Gasteiger partial charge on any atom is -0.493 e. The molecule has 1 amide bonds. The Bertz CT molecular complexity index is 1240. The number of amides is 1. The predicted octanol–water partition coefficient (Wildman–Crippen LogP) is 6.38. The molecule has 8 heteroatoms. The number of benzene rings is 3. The third kappa shape index (κ3) is 6.36. The monoisotopic (exact) mass is 525 g/mol. The summed E-state index contributed by atoms with van der Waals surface area (Å²) in [5.41, 5.74) is 2.98. The van der Waals surface area contributed by atoms with Crippen molar-refractivity contribution in [1.29, 1.82) is 0 Å². The van der Waals surface area contributed by atoms with E-state index in [0.717, 1.165) is 22.4 Å². The fourth-order valence-corrected chi connectivity index (χ4v) is 4.96. The lowest BCUT2D eigenvalue weighted by Crippen LogP contribution is -2.30. The minimum absolute atomic E-state index is 0.0801. The van der Waals surface area contributed by atoms with Gasteiger partial charge in [0, 0.05) is 11.6 Å². The normalized spacial score (nSPS) is 14.5. The second-order valence-corrected chi connectivity index (χ2v) is 9.87. The molecule has 0 bridgehead atoms. The molecular weight excluding hydrogens is 502 g/mol. The molecule has 180 valence electrons. The maximum Gasteiger partial charge on any atom is 0.266 e. The Morgan fingerprint density at radius 1 is 0.943 bits per heavy atom. The molecule has 1 fully saturated rings. The molecular formula is C27H24ClNO4S2. The third-order valence-electron chi connectivity index (χ3n) is 5.44. The van der Waals surface area contributed by atoms with Crippen LogP contribution < -0.4 is 14.2 Å². The second kappa shape index (κ2) is 11.6. The summed E-state index contributed by atoms with van der Waals surface area (Å²) >= 11 is 12.7. The van der Waals surface area contributed by atoms with Crippen molar-refractivity contribution >= 4 is 51.9 Å². The molecule has 1 heterocycles. The molecule has 0 radical (unpaired) electrons. The number of carbonyl (C=O) groups excluding carboxylic acids is 1. The average Bonchev–Trinajstić information content (AvgIpc) is 3.14. The van der Waals surface area contributed by atoms with Crippen LogP contribution in [0, 0.1) is 0 Å². The number of nitrogens with zero attached hydrogens (tertiary/aromatic N) is 1. The van der Waals surface area contributed by atoms with Gasteiger partial charge in [-0.05, 0) is 65.6 Å². The zero-order valence-electron chi connectivity index (χ0n) is 19.3. The van der Waals surface area contributed by atoms with Gasteiger partial charge in [0.05, 0.1) is 19.1 Å². The van der Waals surface area contributed by atoms with Crippen molar-refractivity contribution in [2.75, 3.05) is 20.8 Å². The highest BCUT2D eigenvalue weighted by Crippen LogP contribution is 2.33. The maximum atomic E-state index is 13.0. The number of thioether (sulfide) groups is 1. The van der Waals surface area contributed by atoms with Crippen LogP contribution in [0.15, 0.2) is 71.6 Å². The molecule has 0 unspecified atom stereocenters. The van der Waals surface area contributed by atoms with Crippen molar-refractivity contribution in [2.45, 2.75) is 13.0 Å². The summed E-state index contributed by atoms with van der Waals surface area (Å²) in [4.78, 5) is 15.2. The SMILES string of the molecule is COc1ccc(CCN2C(=O)/C(=C/c3ccc(OCc4ccc(Cl)cc4)cc3)SC2=S)cc1OC. The van der Waals surface area contributed by atoms with E-state index >= 15 is 0 Å². The zero-order valence-corrected chi connectivity index (χ0v) is 21.7. The van der Waals surface area contributed by atoms with Crippen LogP contribution in [0.1, 0.15) is 16.7 Å². The molecule has 4 rings (SSSR count). The van der Waals surface area contributed by atoms with E-state index in [2.05, 4.69) is 0 Å². The van der Waals surface area contributed by atoms with E-state index in [9.17, 15) is 4.79 Å². The summed E-state index contributed by atoms with van der Waals surface area (Å²) in [6.07, 6.45) is 2.51. The van der Waals surface area contributed by atoms with Gasteiger partial charge in [0.2, 0.25) is 0 Å². The van der Waals surface area contributed by atoms with E-state index in [0.29, 0.717) is 45.3 Å². The Morgan fingerprint density at radius 3 is 2.31 bits per heavy atom. The van der Waals surface area contributed by atoms with Gasteiger partial charge in [-0.3, -0.25) is 9.69 Å². The van der Waals surface area contributed by atoms with E-state index in [1.54, 1.807) is 19.1 Å². The second-order valence-electron chi connectivity index (χ2n) is 7.76. The predicted molar refractivity (Wildman–Crippen MR) is 145 cm³/mol. The Morgan fingerprint density at radius 2 is 1.63 bits per heavy atom. The molecule has 5 nitrogen and oxygen atoms in total. The molecule has 1 saturated heterocycles. The van der Waals surface area contributed by atoms with E-state index in [4.69, 9.17) is 38.0 Å². The van der Waals surface area contributed by atoms with Gasteiger partial charge in [0.25, 0.3) is 5.91 Å². The van der Waals surface area contributed by atoms with Gasteiger partial charge < -0.3 is 14.2 Å². The molecule has 3 aromatic rings. The van der Waals surface area contributed by atoms with Crippen molar-refractivity contribution in [2.24, 2.45) is 0 Å². The summed E-state index contributed by atoms with van der Waals surface area (Å²) in [7, 11) is 3.21. The lowest BCUT2D eigenvalue weighted by molar-refractivity contribution is -0.122. The summed E-state index contributed by atoms with van der Waals surface area (Å²) in [6, 6.07) is 20.9. The first kappa shape index (κ1) is 25.1. The van der Waals surface area contributed by atoms with Crippen molar-refractivity contribution in [3.05, 3.63) is 93.3 Å². The largest absolute Gasteiger partial charge is 0.493 e. The number of hydrogen-bond acceptors (Lipinski definition) is 6. The summed E-state index contributed by atoms with van der Waals surface area (Å²) < 4.78 is 17.0. The van der Waals surface area contributed by atoms with Gasteiger partial charge in [-0.1, -0.05) is 65.9 Å². The number of methoxy groups -OCH3 is 2. The average molecular weight is 526 g/mol. The van der Waals surface area contributed by atoms with Gasteiger partial charge in [-0.25, -0.2) is 0 Å². The highest BCUT2D eigenvalue weighted by molar-refractivity contribution is 8.26. The highest BCUT2D eigenvalue weighted by atomic mass is 35.5. The van der Waals surface area contributed by atoms with Crippen molar-refractivity contribution < 1.29 is 19.0 Å². The van der Waals surface area contributed by atoms with E-state index < -0.39 is 0 Å². The number of rotatable bonds is 9. The van der Waals surface area contributed by atoms with Crippen molar-refractivity contribution in [3.63, 3.8) is 0 Å². The van der Waals surface area contributed by atoms with E-state index in [-0.39, 0.29) is 5.91 Å². The molecule has 0 N–H and O–H groups in total. The Hall–Kier alpha value is -3.00. The van der Waals surface area contributed by atoms with Crippen LogP contribution in [0.2, 0.25) is 5.02 Å². The molecule has 0 spiro atoms. The fraction of sp³-hybridized carbons (Fsp3) is 0.185. The Kier molecular flexibility index (Phi) is 8.33. The van der Waals surface area contributed by atoms with Gasteiger partial charge in [0.1, 0.15) is 16.7 Å². The first-order valence-electron chi connectivity index (χ1n) is 10.9. The van der Waals surface area contributed by atoms with Gasteiger partial charge in [-0.15, -0.1) is 0 Å². The van der Waals surface area contributed by atoms with E-state index in [1.807, 2.05) is 72.8 Å². The number of carbonyl (C=O) groups is 1. The first-order chi connectivity index (χ1) is 17.0. The van der Waals surface area contributed by atoms with Crippen LogP contribution in [0.5, 0.6) is 17.2 Å². The molecule has 35 heavy (non-hydrogen) atoms. The molecule has 0 aliphatic carbocycles. The quantitative estimate of drug-likeness (QED) is 0.238. The zero-order chi connectivity index (χ0) is 24.8. The molecule has 1 aliphatic heterocycles. The number of halogens is 1. The molecule has 0 aromatic heterocycles. The smallest absolute Gasteiger partial charge is 0.266 e. The summed E-state index contributed by atoms with van der Waals surface area (Å²) in [5.74, 6) is 2.00. The fourth-order valence-electron chi connectivity index (χ4n) is 3.53. The van der Waals surface area contributed by atoms with Crippen molar-refractivity contribution in [1.82, 2.24) is 4.90 Å². The van der Waals surface area contributed by atoms with Crippen molar-refractivity contribution in [3.8, 4) is 17.2 Å². The number of thiocarbonyl (C=S) groups is 1. The van der Waals surface area contributed by atoms with Gasteiger partial charge in [0.15, 0.2) is 11.5 Å². The van der Waals surface area contributed by atoms with Crippen LogP contribution >= 0.6 is 35.6 Å². The van der Waals surface area contributed by atoms with Crippen LogP contribution in [-0.4, -0.2) is 35.9 Å². The standard InChI is InChI=1S/C27H24ClNO4S2/c1-31-23-12-7-19(15-24(23)32-2)13-14-29-26(30)25(35-27(29)34)16-18-5-10-22(11-6-18)33-17-20-3-8-21(28)9-4-20/h3-12,15-16H,13-14,17H2,1-2H3/b25-16-. The molecule has 1 aliphatic rings. The third-order valence-corrected chi connectivity index (χ3v) is 7.07. The molecule has 0 atom stereocenters. The number of ether oxygens (including phenoxy) is 3. The van der Waals surface area contributed by atoms with E-state index in [1.165, 1.54) is 11.8 Å². The summed E-state index contributed by atoms with van der Waals surface area (Å²) in [5, 5.41) is 0.699. The minimum atomic E-state index is -0.0801. The lowest BCUT2D eigenvalue weighted by Gasteiger charge is -2.15. The molecule has 3 aromatic carbocycles. The van der Waals surface area contributed by atoms with Crippen LogP contribution in [0.3, 0.4) is 0 Å². The highest BCUT2D eigenvalue weighted by Gasteiger charge is 2.31. The summed E-state index contributed by atoms with van der Waals surface area (Å²) in [6.45, 7) is 0.949. The van der Waals surface area contributed by atoms with Crippen LogP contribution in [0.4, 0.5) is 0 Å². The Labute approximate surface area is 219 Å². The first-order valence-corrected chi connectivity index (χ1v) is 12.5. The van der Waals surface area contributed by atoms with Gasteiger partial charge in [-0.2, -0.15) is 0 Å².